The quantitative estimate of drug-likeness (QED) is 0.829. The van der Waals surface area contributed by atoms with Crippen LogP contribution in [0.5, 0.6) is 0 Å². The predicted octanol–water partition coefficient (Wildman–Crippen LogP) is 3.66. The van der Waals surface area contributed by atoms with Gasteiger partial charge in [-0.1, -0.05) is 25.0 Å². The van der Waals surface area contributed by atoms with Crippen molar-refractivity contribution in [3.05, 3.63) is 35.4 Å². The fourth-order valence-corrected chi connectivity index (χ4v) is 3.88. The van der Waals surface area contributed by atoms with E-state index in [1.165, 1.54) is 12.1 Å². The molecule has 5 heteroatoms. The maximum Gasteiger partial charge on any atom is 0.416 e. The van der Waals surface area contributed by atoms with E-state index >= 15 is 0 Å². The monoisotopic (exact) mass is 299 g/mol. The second-order valence-electron chi connectivity index (χ2n) is 6.26. The molecule has 1 saturated carbocycles. The van der Waals surface area contributed by atoms with Gasteiger partial charge in [0, 0.05) is 12.0 Å². The summed E-state index contributed by atoms with van der Waals surface area (Å²) in [6.07, 6.45) is 0.0202. The Morgan fingerprint density at radius 2 is 2.00 bits per heavy atom. The number of piperidine rings is 1. The molecule has 0 bridgehead atoms. The number of hydrogen-bond acceptors (Lipinski definition) is 2. The zero-order valence-electron chi connectivity index (χ0n) is 11.8. The van der Waals surface area contributed by atoms with Crippen molar-refractivity contribution in [2.75, 3.05) is 6.54 Å². The molecule has 2 nitrogen and oxygen atoms in total. The van der Waals surface area contributed by atoms with Crippen LogP contribution in [-0.2, 0) is 6.18 Å². The van der Waals surface area contributed by atoms with Gasteiger partial charge in [-0.05, 0) is 43.5 Å². The Morgan fingerprint density at radius 1 is 1.19 bits per heavy atom. The van der Waals surface area contributed by atoms with Gasteiger partial charge in [-0.3, -0.25) is 0 Å². The number of benzene rings is 1. The van der Waals surface area contributed by atoms with Crippen LogP contribution in [0.1, 0.15) is 49.3 Å². The number of aliphatic hydroxyl groups is 1. The highest BCUT2D eigenvalue weighted by atomic mass is 19.4. The van der Waals surface area contributed by atoms with E-state index in [0.717, 1.165) is 31.7 Å². The first-order chi connectivity index (χ1) is 9.90. The lowest BCUT2D eigenvalue weighted by molar-refractivity contribution is -0.137. The van der Waals surface area contributed by atoms with Gasteiger partial charge in [0.1, 0.15) is 0 Å². The fraction of sp³-hybridized carbons (Fsp3) is 0.625. The first kappa shape index (κ1) is 14.9. The topological polar surface area (TPSA) is 32.3 Å². The molecule has 3 rings (SSSR count). The van der Waals surface area contributed by atoms with Crippen LogP contribution >= 0.6 is 0 Å². The maximum atomic E-state index is 12.9. The molecule has 21 heavy (non-hydrogen) atoms. The van der Waals surface area contributed by atoms with E-state index in [0.29, 0.717) is 18.5 Å². The van der Waals surface area contributed by atoms with Crippen LogP contribution in [0.4, 0.5) is 13.2 Å². The molecule has 0 aromatic heterocycles. The Labute approximate surface area is 122 Å². The molecule has 1 aromatic carbocycles. The smallest absolute Gasteiger partial charge is 0.389 e. The molecule has 1 aliphatic carbocycles. The molecule has 1 saturated heterocycles. The summed E-state index contributed by atoms with van der Waals surface area (Å²) in [6.45, 7) is 0.647. The zero-order chi connectivity index (χ0) is 15.1. The minimum absolute atomic E-state index is 0.00323. The lowest BCUT2D eigenvalue weighted by Gasteiger charge is -2.48. The van der Waals surface area contributed by atoms with Crippen molar-refractivity contribution in [3.8, 4) is 0 Å². The highest BCUT2D eigenvalue weighted by Crippen LogP contribution is 2.46. The number of rotatable bonds is 1. The summed E-state index contributed by atoms with van der Waals surface area (Å²) in [7, 11) is 0. The van der Waals surface area contributed by atoms with Gasteiger partial charge in [-0.15, -0.1) is 0 Å². The molecule has 1 heterocycles. The van der Waals surface area contributed by atoms with Crippen LogP contribution < -0.4 is 5.32 Å². The Morgan fingerprint density at radius 3 is 2.76 bits per heavy atom. The van der Waals surface area contributed by atoms with Gasteiger partial charge in [0.2, 0.25) is 0 Å². The maximum absolute atomic E-state index is 12.9. The summed E-state index contributed by atoms with van der Waals surface area (Å²) < 4.78 is 38.6. The molecule has 2 N–H and O–H groups in total. The van der Waals surface area contributed by atoms with E-state index < -0.39 is 17.3 Å². The second kappa shape index (κ2) is 5.29. The molecule has 2 aliphatic rings. The Hall–Kier alpha value is -1.07. The van der Waals surface area contributed by atoms with Gasteiger partial charge in [0.05, 0.1) is 11.2 Å². The highest BCUT2D eigenvalue weighted by Gasteiger charge is 2.46. The third-order valence-corrected chi connectivity index (χ3v) is 4.96. The molecular formula is C16H20F3NO. The van der Waals surface area contributed by atoms with Crippen LogP contribution in [0.3, 0.4) is 0 Å². The average Bonchev–Trinajstić information content (AvgIpc) is 2.45. The lowest BCUT2D eigenvalue weighted by Crippen LogP contribution is -2.53. The van der Waals surface area contributed by atoms with Gasteiger partial charge in [0.25, 0.3) is 0 Å². The molecule has 116 valence electrons. The van der Waals surface area contributed by atoms with E-state index in [2.05, 4.69) is 5.32 Å². The van der Waals surface area contributed by atoms with Gasteiger partial charge in [-0.25, -0.2) is 0 Å². The highest BCUT2D eigenvalue weighted by molar-refractivity contribution is 5.29. The average molecular weight is 299 g/mol. The van der Waals surface area contributed by atoms with Crippen molar-refractivity contribution in [2.24, 2.45) is 5.92 Å². The molecule has 2 fully saturated rings. The van der Waals surface area contributed by atoms with Crippen molar-refractivity contribution < 1.29 is 18.3 Å². The van der Waals surface area contributed by atoms with Crippen molar-refractivity contribution in [2.45, 2.75) is 49.9 Å². The van der Waals surface area contributed by atoms with Crippen LogP contribution in [0.25, 0.3) is 0 Å². The van der Waals surface area contributed by atoms with E-state index in [1.54, 1.807) is 6.07 Å². The summed E-state index contributed by atoms with van der Waals surface area (Å²) in [5.74, 6) is 0.00323. The van der Waals surface area contributed by atoms with E-state index in [-0.39, 0.29) is 12.0 Å². The fourth-order valence-electron chi connectivity index (χ4n) is 3.88. The number of hydrogen-bond donors (Lipinski definition) is 2. The summed E-state index contributed by atoms with van der Waals surface area (Å²) in [6, 6.07) is 5.31. The largest absolute Gasteiger partial charge is 0.416 e. The van der Waals surface area contributed by atoms with Crippen LogP contribution in [0.2, 0.25) is 0 Å². The number of halogens is 3. The van der Waals surface area contributed by atoms with Gasteiger partial charge in [-0.2, -0.15) is 13.2 Å². The standard InChI is InChI=1S/C16H20F3NO/c17-16(18,19)12-5-3-4-11(10-12)14-13-6-1-2-7-15(13,21)8-9-20-14/h3-5,10,13-14,20-21H,1-2,6-9H2. The molecule has 1 aromatic rings. The molecule has 1 aliphatic heterocycles. The first-order valence-electron chi connectivity index (χ1n) is 7.53. The summed E-state index contributed by atoms with van der Waals surface area (Å²) in [5.41, 5.74) is -0.704. The van der Waals surface area contributed by atoms with Gasteiger partial charge >= 0.3 is 6.18 Å². The Balaban J connectivity index is 1.92. The van der Waals surface area contributed by atoms with Crippen molar-refractivity contribution in [3.63, 3.8) is 0 Å². The Bertz CT molecular complexity index is 512. The Kier molecular flexibility index (Phi) is 3.74. The summed E-state index contributed by atoms with van der Waals surface area (Å²) in [5, 5.41) is 14.1. The zero-order valence-corrected chi connectivity index (χ0v) is 11.8. The molecule has 0 amide bonds. The van der Waals surface area contributed by atoms with Crippen molar-refractivity contribution in [1.29, 1.82) is 0 Å². The first-order valence-corrected chi connectivity index (χ1v) is 7.53. The number of alkyl halides is 3. The van der Waals surface area contributed by atoms with Crippen LogP contribution in [0.15, 0.2) is 24.3 Å². The van der Waals surface area contributed by atoms with Crippen LogP contribution in [0, 0.1) is 5.92 Å². The van der Waals surface area contributed by atoms with E-state index in [4.69, 9.17) is 0 Å². The SMILES string of the molecule is OC12CCCCC1C(c1cccc(C(F)(F)F)c1)NCC2. The molecule has 3 atom stereocenters. The summed E-state index contributed by atoms with van der Waals surface area (Å²) in [4.78, 5) is 0. The number of nitrogens with one attached hydrogen (secondary N) is 1. The lowest BCUT2D eigenvalue weighted by atomic mass is 9.67. The minimum Gasteiger partial charge on any atom is -0.389 e. The second-order valence-corrected chi connectivity index (χ2v) is 6.26. The molecule has 3 unspecified atom stereocenters. The van der Waals surface area contributed by atoms with E-state index in [1.807, 2.05) is 0 Å². The van der Waals surface area contributed by atoms with Gasteiger partial charge in [0.15, 0.2) is 0 Å². The van der Waals surface area contributed by atoms with Crippen LogP contribution in [-0.4, -0.2) is 17.3 Å². The third-order valence-electron chi connectivity index (χ3n) is 4.96. The van der Waals surface area contributed by atoms with Crippen molar-refractivity contribution in [1.82, 2.24) is 5.32 Å². The molecular weight excluding hydrogens is 279 g/mol. The number of fused-ring (bicyclic) bond motifs is 1. The van der Waals surface area contributed by atoms with Gasteiger partial charge < -0.3 is 10.4 Å². The summed E-state index contributed by atoms with van der Waals surface area (Å²) >= 11 is 0. The third kappa shape index (κ3) is 2.81. The minimum atomic E-state index is -4.33. The van der Waals surface area contributed by atoms with Crippen molar-refractivity contribution >= 4 is 0 Å². The molecule has 0 spiro atoms. The normalized spacial score (nSPS) is 33.5. The van der Waals surface area contributed by atoms with E-state index in [9.17, 15) is 18.3 Å². The predicted molar refractivity (Wildman–Crippen MR) is 73.7 cm³/mol. The molecule has 0 radical (unpaired) electrons.